The monoisotopic (exact) mass is 642 g/mol. The molecule has 2 saturated heterocycles. The quantitative estimate of drug-likeness (QED) is 0.170. The third kappa shape index (κ3) is 8.15. The Morgan fingerprint density at radius 1 is 0.542 bits per heavy atom. The average Bonchev–Trinajstić information content (AvgIpc) is 3.85. The molecule has 3 fully saturated rings. The lowest BCUT2D eigenvalue weighted by Crippen LogP contribution is -2.18. The molecule has 8 nitrogen and oxygen atoms in total. The van der Waals surface area contributed by atoms with Crippen LogP contribution >= 0.6 is 0 Å². The van der Waals surface area contributed by atoms with E-state index in [1.54, 1.807) is 0 Å². The number of Topliss-reactive ketones (excluding diaryl/α,β-unsaturated/α-hetero) is 2. The molecule has 2 aromatic heterocycles. The second kappa shape index (κ2) is 15.2. The summed E-state index contributed by atoms with van der Waals surface area (Å²) in [6.45, 7) is 4.38. The van der Waals surface area contributed by atoms with E-state index in [1.807, 2.05) is 24.3 Å². The summed E-state index contributed by atoms with van der Waals surface area (Å²) >= 11 is 0. The van der Waals surface area contributed by atoms with Gasteiger partial charge in [0.2, 0.25) is 0 Å². The number of carbonyl (C=O) groups excluding carboxylic acids is 2. The summed E-state index contributed by atoms with van der Waals surface area (Å²) in [6, 6.07) is 24.8. The van der Waals surface area contributed by atoms with Crippen molar-refractivity contribution < 1.29 is 9.59 Å². The number of hydrogen-bond donors (Lipinski definition) is 0. The van der Waals surface area contributed by atoms with Crippen LogP contribution in [0.25, 0.3) is 0 Å². The molecule has 1 aliphatic carbocycles. The molecule has 4 heterocycles. The fourth-order valence-corrected chi connectivity index (χ4v) is 7.75. The topological polar surface area (TPSA) is 92.2 Å². The lowest BCUT2D eigenvalue weighted by Gasteiger charge is -2.28. The summed E-state index contributed by atoms with van der Waals surface area (Å²) < 4.78 is 0. The Balaban J connectivity index is 0.897. The van der Waals surface area contributed by atoms with E-state index in [2.05, 4.69) is 78.7 Å². The predicted octanol–water partition coefficient (Wildman–Crippen LogP) is 6.62. The molecule has 3 aliphatic rings. The third-order valence-electron chi connectivity index (χ3n) is 10.3. The van der Waals surface area contributed by atoms with Gasteiger partial charge in [-0.05, 0) is 105 Å². The van der Waals surface area contributed by atoms with Gasteiger partial charge in [0.15, 0.2) is 0 Å². The molecule has 0 N–H and O–H groups in total. The zero-order valence-electron chi connectivity index (χ0n) is 27.9. The number of aromatic nitrogens is 4. The van der Waals surface area contributed by atoms with E-state index in [0.717, 1.165) is 85.8 Å². The van der Waals surface area contributed by atoms with Gasteiger partial charge in [-0.1, -0.05) is 30.7 Å². The molecule has 0 amide bonds. The molecular formula is C40H46N6O2. The van der Waals surface area contributed by atoms with E-state index in [1.165, 1.54) is 37.1 Å². The SMILES string of the molecule is O=C(Cc1cccc(N2CCCC2)c1)Cc1ccc([C@H]2CCC[C@H](c3ccc(CC(=O)Cc4cccc(N5CCCC5)c4)nn3)C2)nn1. The van der Waals surface area contributed by atoms with Gasteiger partial charge >= 0.3 is 0 Å². The van der Waals surface area contributed by atoms with Crippen LogP contribution < -0.4 is 9.80 Å². The normalized spacial score (nSPS) is 19.5. The molecule has 0 unspecified atom stereocenters. The highest BCUT2D eigenvalue weighted by Gasteiger charge is 2.27. The van der Waals surface area contributed by atoms with Crippen LogP contribution in [0.5, 0.6) is 0 Å². The smallest absolute Gasteiger partial charge is 0.143 e. The molecule has 2 atom stereocenters. The summed E-state index contributed by atoms with van der Waals surface area (Å²) in [5.41, 5.74) is 7.97. The minimum absolute atomic E-state index is 0.156. The van der Waals surface area contributed by atoms with Gasteiger partial charge < -0.3 is 9.80 Å². The zero-order chi connectivity index (χ0) is 32.7. The molecule has 8 heteroatoms. The van der Waals surface area contributed by atoms with Crippen LogP contribution in [-0.2, 0) is 35.3 Å². The molecule has 2 aliphatic heterocycles. The summed E-state index contributed by atoms with van der Waals surface area (Å²) in [5.74, 6) is 0.912. The molecule has 4 aromatic rings. The second-order valence-corrected chi connectivity index (χ2v) is 14.0. The molecule has 0 radical (unpaired) electrons. The maximum atomic E-state index is 12.9. The first-order valence-electron chi connectivity index (χ1n) is 17.9. The fraction of sp³-hybridized carbons (Fsp3) is 0.450. The fourth-order valence-electron chi connectivity index (χ4n) is 7.75. The van der Waals surface area contributed by atoms with Crippen LogP contribution in [-0.4, -0.2) is 58.1 Å². The van der Waals surface area contributed by atoms with E-state index >= 15 is 0 Å². The molecule has 0 bridgehead atoms. The number of nitrogens with zero attached hydrogens (tertiary/aromatic N) is 6. The van der Waals surface area contributed by atoms with Crippen LogP contribution in [0.4, 0.5) is 11.4 Å². The van der Waals surface area contributed by atoms with Gasteiger partial charge in [0, 0.05) is 62.2 Å². The van der Waals surface area contributed by atoms with Crippen molar-refractivity contribution in [2.24, 2.45) is 0 Å². The van der Waals surface area contributed by atoms with Crippen LogP contribution in [0.3, 0.4) is 0 Å². The number of carbonyl (C=O) groups is 2. The Hall–Kier alpha value is -4.46. The number of anilines is 2. The molecule has 7 rings (SSSR count). The van der Waals surface area contributed by atoms with Crippen molar-refractivity contribution in [1.82, 2.24) is 20.4 Å². The van der Waals surface area contributed by atoms with E-state index < -0.39 is 0 Å². The maximum absolute atomic E-state index is 12.9. The number of benzene rings is 2. The summed E-state index contributed by atoms with van der Waals surface area (Å²) in [7, 11) is 0. The molecule has 1 saturated carbocycles. The minimum atomic E-state index is 0.156. The van der Waals surface area contributed by atoms with Gasteiger partial charge in [-0.2, -0.15) is 20.4 Å². The van der Waals surface area contributed by atoms with E-state index in [9.17, 15) is 9.59 Å². The second-order valence-electron chi connectivity index (χ2n) is 14.0. The van der Waals surface area contributed by atoms with Crippen molar-refractivity contribution in [3.8, 4) is 0 Å². The van der Waals surface area contributed by atoms with Crippen LogP contribution in [0.2, 0.25) is 0 Å². The molecule has 248 valence electrons. The summed E-state index contributed by atoms with van der Waals surface area (Å²) in [6.07, 6.45) is 10.5. The highest BCUT2D eigenvalue weighted by Crippen LogP contribution is 2.40. The highest BCUT2D eigenvalue weighted by atomic mass is 16.1. The van der Waals surface area contributed by atoms with E-state index in [0.29, 0.717) is 37.5 Å². The molecule has 0 spiro atoms. The maximum Gasteiger partial charge on any atom is 0.143 e. The highest BCUT2D eigenvalue weighted by molar-refractivity contribution is 5.83. The first-order valence-corrected chi connectivity index (χ1v) is 17.9. The lowest BCUT2D eigenvalue weighted by atomic mass is 9.78. The summed E-state index contributed by atoms with van der Waals surface area (Å²) in [4.78, 5) is 30.6. The molecule has 48 heavy (non-hydrogen) atoms. The minimum Gasteiger partial charge on any atom is -0.372 e. The molecular weight excluding hydrogens is 596 g/mol. The van der Waals surface area contributed by atoms with Crippen molar-refractivity contribution in [1.29, 1.82) is 0 Å². The Bertz CT molecular complexity index is 1570. The van der Waals surface area contributed by atoms with E-state index in [-0.39, 0.29) is 11.6 Å². The third-order valence-corrected chi connectivity index (χ3v) is 10.3. The van der Waals surface area contributed by atoms with Gasteiger partial charge in [0.25, 0.3) is 0 Å². The first kappa shape index (κ1) is 32.1. The first-order chi connectivity index (χ1) is 23.6. The van der Waals surface area contributed by atoms with Gasteiger partial charge in [-0.15, -0.1) is 0 Å². The standard InChI is InChI=1S/C40H46N6O2/c47-37(24-29-8-5-12-35(22-29)45-18-1-2-19-45)27-33-14-16-39(43-41-33)31-10-7-11-32(26-31)40-17-15-34(42-44-40)28-38(48)25-30-9-6-13-36(23-30)46-20-3-4-21-46/h5-6,8-9,12-17,22-23,31-32H,1-4,7,10-11,18-21,24-28H2/t31-,32-/m0/s1. The average molecular weight is 643 g/mol. The predicted molar refractivity (Wildman–Crippen MR) is 189 cm³/mol. The lowest BCUT2D eigenvalue weighted by molar-refractivity contribution is -0.118. The zero-order valence-corrected chi connectivity index (χ0v) is 27.9. The Kier molecular flexibility index (Phi) is 10.2. The van der Waals surface area contributed by atoms with Crippen molar-refractivity contribution in [2.75, 3.05) is 36.0 Å². The Morgan fingerprint density at radius 2 is 1.00 bits per heavy atom. The van der Waals surface area contributed by atoms with Crippen molar-refractivity contribution in [3.63, 3.8) is 0 Å². The van der Waals surface area contributed by atoms with Gasteiger partial charge in [-0.25, -0.2) is 0 Å². The Labute approximate surface area is 284 Å². The number of hydrogen-bond acceptors (Lipinski definition) is 8. The Morgan fingerprint density at radius 3 is 1.42 bits per heavy atom. The van der Waals surface area contributed by atoms with Gasteiger partial charge in [0.05, 0.1) is 35.6 Å². The van der Waals surface area contributed by atoms with Crippen LogP contribution in [0.15, 0.2) is 72.8 Å². The van der Waals surface area contributed by atoms with Crippen molar-refractivity contribution >= 4 is 22.9 Å². The van der Waals surface area contributed by atoms with Gasteiger partial charge in [0.1, 0.15) is 11.6 Å². The van der Waals surface area contributed by atoms with E-state index in [4.69, 9.17) is 0 Å². The van der Waals surface area contributed by atoms with Crippen LogP contribution in [0.1, 0.15) is 97.1 Å². The van der Waals surface area contributed by atoms with Gasteiger partial charge in [-0.3, -0.25) is 9.59 Å². The van der Waals surface area contributed by atoms with Crippen LogP contribution in [0, 0.1) is 0 Å². The number of ketones is 2. The van der Waals surface area contributed by atoms with Crippen molar-refractivity contribution in [3.05, 3.63) is 107 Å². The molecule has 2 aromatic carbocycles. The van der Waals surface area contributed by atoms with Crippen molar-refractivity contribution in [2.45, 2.75) is 88.9 Å². The largest absolute Gasteiger partial charge is 0.372 e. The summed E-state index contributed by atoms with van der Waals surface area (Å²) in [5, 5.41) is 18.1. The number of rotatable bonds is 12.